The number of carbonyl (C=O) groups is 2. The molecule has 0 aliphatic carbocycles. The van der Waals surface area contributed by atoms with Crippen LogP contribution in [0.15, 0.2) is 24.5 Å². The minimum atomic E-state index is -4.29. The summed E-state index contributed by atoms with van der Waals surface area (Å²) in [5.74, 6) is -5.09. The number of halogens is 4. The molecule has 2 N–H and O–H groups in total. The van der Waals surface area contributed by atoms with Crippen LogP contribution in [0.3, 0.4) is 0 Å². The summed E-state index contributed by atoms with van der Waals surface area (Å²) < 4.78 is 55.5. The van der Waals surface area contributed by atoms with Crippen molar-refractivity contribution in [1.82, 2.24) is 20.2 Å². The normalized spacial score (nSPS) is 14.4. The third-order valence-electron chi connectivity index (χ3n) is 5.12. The van der Waals surface area contributed by atoms with E-state index in [9.17, 15) is 32.3 Å². The number of nitrogens with one attached hydrogen (secondary N) is 1. The maximum Gasteiger partial charge on any atom is 0.340 e. The van der Waals surface area contributed by atoms with Crippen molar-refractivity contribution >= 4 is 11.8 Å². The van der Waals surface area contributed by atoms with E-state index in [1.54, 1.807) is 19.1 Å². The molecule has 2 aromatic rings. The van der Waals surface area contributed by atoms with Crippen LogP contribution >= 0.6 is 0 Å². The highest BCUT2D eigenvalue weighted by molar-refractivity contribution is 5.98. The van der Waals surface area contributed by atoms with Gasteiger partial charge in [0.15, 0.2) is 6.61 Å². The van der Waals surface area contributed by atoms with Crippen LogP contribution in [0.2, 0.25) is 0 Å². The molecule has 0 fully saturated rings. The molecule has 12 heteroatoms. The lowest BCUT2D eigenvalue weighted by atomic mass is 10.1. The Labute approximate surface area is 193 Å². The average molecular weight is 484 g/mol. The van der Waals surface area contributed by atoms with Gasteiger partial charge < -0.3 is 20.1 Å². The van der Waals surface area contributed by atoms with E-state index in [2.05, 4.69) is 15.3 Å². The quantitative estimate of drug-likeness (QED) is 0.502. The third-order valence-corrected chi connectivity index (χ3v) is 5.12. The standard InChI is InChI=1S/C22H24F4N4O4/c1-12-5-14(8-29-19(12)34-11-22(25,26)21(23)24)9-30-10-16-15(20(30)33)3-4-27-17(16)6-18(32)28-7-13(2)31/h3-5,8,13,21,31H,6-7,9-11H2,1-2H3,(H,28,32)/t13-/m1/s1. The van der Waals surface area contributed by atoms with Crippen LogP contribution in [0.25, 0.3) is 0 Å². The number of carbonyl (C=O) groups excluding carboxylic acids is 2. The predicted molar refractivity (Wildman–Crippen MR) is 112 cm³/mol. The molecule has 0 radical (unpaired) electrons. The lowest BCUT2D eigenvalue weighted by Gasteiger charge is -2.18. The van der Waals surface area contributed by atoms with Crippen LogP contribution in [0.1, 0.15) is 39.7 Å². The number of amides is 2. The van der Waals surface area contributed by atoms with Crippen molar-refractivity contribution in [3.05, 3.63) is 52.5 Å². The van der Waals surface area contributed by atoms with Crippen molar-refractivity contribution < 1.29 is 37.0 Å². The molecule has 3 heterocycles. The number of alkyl halides is 4. The summed E-state index contributed by atoms with van der Waals surface area (Å²) in [5, 5.41) is 11.9. The van der Waals surface area contributed by atoms with Gasteiger partial charge in [-0.2, -0.15) is 8.78 Å². The van der Waals surface area contributed by atoms with Crippen molar-refractivity contribution in [1.29, 1.82) is 0 Å². The molecular weight excluding hydrogens is 460 g/mol. The summed E-state index contributed by atoms with van der Waals surface area (Å²) >= 11 is 0. The zero-order valence-electron chi connectivity index (χ0n) is 18.5. The van der Waals surface area contributed by atoms with Gasteiger partial charge in [0.25, 0.3) is 5.91 Å². The number of hydrogen-bond donors (Lipinski definition) is 2. The Bertz CT molecular complexity index is 1070. The number of aliphatic hydroxyl groups excluding tert-OH is 1. The lowest BCUT2D eigenvalue weighted by Crippen LogP contribution is -2.34. The van der Waals surface area contributed by atoms with E-state index in [4.69, 9.17) is 4.74 Å². The summed E-state index contributed by atoms with van der Waals surface area (Å²) in [4.78, 5) is 34.6. The molecule has 184 valence electrons. The molecule has 2 amide bonds. The maximum atomic E-state index is 13.1. The first kappa shape index (κ1) is 25.3. The molecule has 0 aromatic carbocycles. The highest BCUT2D eigenvalue weighted by atomic mass is 19.3. The minimum Gasteiger partial charge on any atom is -0.471 e. The van der Waals surface area contributed by atoms with Gasteiger partial charge in [-0.15, -0.1) is 0 Å². The number of aryl methyl sites for hydroxylation is 1. The van der Waals surface area contributed by atoms with Gasteiger partial charge in [-0.3, -0.25) is 14.6 Å². The number of hydrogen-bond acceptors (Lipinski definition) is 6. The van der Waals surface area contributed by atoms with Crippen molar-refractivity contribution in [2.45, 2.75) is 51.8 Å². The Morgan fingerprint density at radius 2 is 2.09 bits per heavy atom. The van der Waals surface area contributed by atoms with Crippen LogP contribution in [-0.4, -0.2) is 63.4 Å². The number of pyridine rings is 2. The van der Waals surface area contributed by atoms with E-state index >= 15 is 0 Å². The van der Waals surface area contributed by atoms with Crippen LogP contribution < -0.4 is 10.1 Å². The van der Waals surface area contributed by atoms with Gasteiger partial charge in [0, 0.05) is 48.7 Å². The summed E-state index contributed by atoms with van der Waals surface area (Å²) in [7, 11) is 0. The van der Waals surface area contributed by atoms with Gasteiger partial charge in [0.1, 0.15) is 0 Å². The first-order valence-electron chi connectivity index (χ1n) is 10.4. The fourth-order valence-electron chi connectivity index (χ4n) is 3.41. The van der Waals surface area contributed by atoms with E-state index in [1.165, 1.54) is 24.2 Å². The van der Waals surface area contributed by atoms with Gasteiger partial charge in [0.2, 0.25) is 11.8 Å². The van der Waals surface area contributed by atoms with Crippen LogP contribution in [0.4, 0.5) is 17.6 Å². The SMILES string of the molecule is Cc1cc(CN2Cc3c(ccnc3CC(=O)NC[C@@H](C)O)C2=O)cnc1OCC(F)(F)C(F)F. The number of aromatic nitrogens is 2. The fraction of sp³-hybridized carbons (Fsp3) is 0.455. The topological polar surface area (TPSA) is 105 Å². The van der Waals surface area contributed by atoms with Gasteiger partial charge >= 0.3 is 12.3 Å². The van der Waals surface area contributed by atoms with Crippen molar-refractivity contribution in [2.24, 2.45) is 0 Å². The molecular formula is C22H24F4N4O4. The first-order valence-corrected chi connectivity index (χ1v) is 10.4. The van der Waals surface area contributed by atoms with E-state index in [0.717, 1.165) is 0 Å². The van der Waals surface area contributed by atoms with Gasteiger partial charge in [-0.1, -0.05) is 0 Å². The van der Waals surface area contributed by atoms with Gasteiger partial charge in [-0.05, 0) is 31.5 Å². The van der Waals surface area contributed by atoms with Crippen LogP contribution in [0, 0.1) is 6.92 Å². The molecule has 8 nitrogen and oxygen atoms in total. The second-order valence-electron chi connectivity index (χ2n) is 8.09. The molecule has 34 heavy (non-hydrogen) atoms. The Morgan fingerprint density at radius 1 is 1.35 bits per heavy atom. The maximum absolute atomic E-state index is 13.1. The van der Waals surface area contributed by atoms with Gasteiger partial charge in [0.05, 0.1) is 18.2 Å². The van der Waals surface area contributed by atoms with E-state index in [0.29, 0.717) is 27.9 Å². The molecule has 2 aromatic heterocycles. The summed E-state index contributed by atoms with van der Waals surface area (Å²) in [6.07, 6.45) is -1.82. The van der Waals surface area contributed by atoms with Crippen LogP contribution in [0.5, 0.6) is 5.88 Å². The molecule has 0 bridgehead atoms. The van der Waals surface area contributed by atoms with Crippen molar-refractivity contribution in [3.8, 4) is 5.88 Å². The fourth-order valence-corrected chi connectivity index (χ4v) is 3.41. The molecule has 0 saturated heterocycles. The third kappa shape index (κ3) is 5.99. The number of nitrogens with zero attached hydrogens (tertiary/aromatic N) is 3. The summed E-state index contributed by atoms with van der Waals surface area (Å²) in [5.41, 5.74) is 2.43. The molecule has 0 saturated carbocycles. The predicted octanol–water partition coefficient (Wildman–Crippen LogP) is 2.26. The van der Waals surface area contributed by atoms with Crippen LogP contribution in [-0.2, 0) is 24.3 Å². The molecule has 3 rings (SSSR count). The van der Waals surface area contributed by atoms with E-state index in [-0.39, 0.29) is 43.7 Å². The highest BCUT2D eigenvalue weighted by Crippen LogP contribution is 2.28. The molecule has 0 unspecified atom stereocenters. The summed E-state index contributed by atoms with van der Waals surface area (Å²) in [6, 6.07) is 3.14. The lowest BCUT2D eigenvalue weighted by molar-refractivity contribution is -0.148. The van der Waals surface area contributed by atoms with Gasteiger partial charge in [-0.25, -0.2) is 13.8 Å². The zero-order valence-corrected chi connectivity index (χ0v) is 18.5. The number of fused-ring (bicyclic) bond motifs is 1. The Balaban J connectivity index is 1.67. The monoisotopic (exact) mass is 484 g/mol. The second kappa shape index (κ2) is 10.3. The average Bonchev–Trinajstić information content (AvgIpc) is 3.08. The number of aliphatic hydroxyl groups is 1. The largest absolute Gasteiger partial charge is 0.471 e. The highest BCUT2D eigenvalue weighted by Gasteiger charge is 2.42. The number of rotatable bonds is 10. The second-order valence-corrected chi connectivity index (χ2v) is 8.09. The zero-order chi connectivity index (χ0) is 25.0. The smallest absolute Gasteiger partial charge is 0.340 e. The molecule has 1 aliphatic heterocycles. The van der Waals surface area contributed by atoms with E-state index < -0.39 is 25.1 Å². The Hall–Kier alpha value is -3.28. The molecule has 1 aliphatic rings. The summed E-state index contributed by atoms with van der Waals surface area (Å²) in [6.45, 7) is 2.02. The molecule has 1 atom stereocenters. The van der Waals surface area contributed by atoms with Crippen molar-refractivity contribution in [3.63, 3.8) is 0 Å². The molecule has 0 spiro atoms. The minimum absolute atomic E-state index is 0.0486. The first-order chi connectivity index (χ1) is 16.0. The Morgan fingerprint density at radius 3 is 2.74 bits per heavy atom. The van der Waals surface area contributed by atoms with E-state index in [1.807, 2.05) is 0 Å². The Kier molecular flexibility index (Phi) is 7.70. The number of ether oxygens (including phenoxy) is 1. The van der Waals surface area contributed by atoms with Crippen molar-refractivity contribution in [2.75, 3.05) is 13.2 Å².